The van der Waals surface area contributed by atoms with Gasteiger partial charge in [-0.3, -0.25) is 0 Å². The Morgan fingerprint density at radius 3 is 2.19 bits per heavy atom. The second-order valence-corrected chi connectivity index (χ2v) is 7.70. The summed E-state index contributed by atoms with van der Waals surface area (Å²) in [5.74, 6) is 1.92. The summed E-state index contributed by atoms with van der Waals surface area (Å²) in [7, 11) is -2.81. The normalized spacial score (nSPS) is 27.2. The van der Waals surface area contributed by atoms with Crippen LogP contribution < -0.4 is 5.32 Å². The Kier molecular flexibility index (Phi) is 5.25. The van der Waals surface area contributed by atoms with Crippen molar-refractivity contribution in [2.24, 2.45) is 11.8 Å². The monoisotopic (exact) mass is 247 g/mol. The molecule has 0 aromatic heterocycles. The molecule has 3 nitrogen and oxygen atoms in total. The number of nitrogens with one attached hydrogen (secondary N) is 1. The molecule has 1 fully saturated rings. The Balaban J connectivity index is 2.18. The Hall–Kier alpha value is -0.0900. The molecule has 0 aromatic rings. The van der Waals surface area contributed by atoms with Crippen molar-refractivity contribution in [1.82, 2.24) is 5.32 Å². The SMILES string of the molecule is CC(C)C1CCC(NCCS(C)(=O)=O)CC1. The molecule has 0 heterocycles. The number of hydrogen-bond donors (Lipinski definition) is 1. The minimum atomic E-state index is -2.81. The lowest BCUT2D eigenvalue weighted by molar-refractivity contribution is 0.240. The summed E-state index contributed by atoms with van der Waals surface area (Å²) >= 11 is 0. The van der Waals surface area contributed by atoms with E-state index in [1.165, 1.54) is 31.9 Å². The first kappa shape index (κ1) is 14.0. The van der Waals surface area contributed by atoms with E-state index in [-0.39, 0.29) is 5.75 Å². The lowest BCUT2D eigenvalue weighted by Gasteiger charge is -2.31. The van der Waals surface area contributed by atoms with E-state index in [4.69, 9.17) is 0 Å². The maximum Gasteiger partial charge on any atom is 0.148 e. The van der Waals surface area contributed by atoms with Crippen molar-refractivity contribution < 1.29 is 8.42 Å². The molecule has 0 saturated heterocycles. The van der Waals surface area contributed by atoms with E-state index < -0.39 is 9.84 Å². The number of rotatable bonds is 5. The molecule has 0 amide bonds. The summed E-state index contributed by atoms with van der Waals surface area (Å²) < 4.78 is 21.9. The maximum absolute atomic E-state index is 11.0. The van der Waals surface area contributed by atoms with Gasteiger partial charge in [-0.15, -0.1) is 0 Å². The fourth-order valence-corrected chi connectivity index (χ4v) is 2.93. The summed E-state index contributed by atoms with van der Waals surface area (Å²) in [6.07, 6.45) is 6.27. The molecule has 1 aliphatic carbocycles. The molecular formula is C12H25NO2S. The topological polar surface area (TPSA) is 46.2 Å². The van der Waals surface area contributed by atoms with E-state index >= 15 is 0 Å². The highest BCUT2D eigenvalue weighted by molar-refractivity contribution is 7.90. The Morgan fingerprint density at radius 1 is 1.19 bits per heavy atom. The lowest BCUT2D eigenvalue weighted by Crippen LogP contribution is -2.36. The van der Waals surface area contributed by atoms with Gasteiger partial charge in [0.1, 0.15) is 9.84 Å². The van der Waals surface area contributed by atoms with Crippen molar-refractivity contribution in [1.29, 1.82) is 0 Å². The molecule has 0 aromatic carbocycles. The van der Waals surface area contributed by atoms with Crippen molar-refractivity contribution in [2.45, 2.75) is 45.6 Å². The van der Waals surface area contributed by atoms with E-state index in [0.29, 0.717) is 12.6 Å². The highest BCUT2D eigenvalue weighted by Gasteiger charge is 2.22. The van der Waals surface area contributed by atoms with Gasteiger partial charge in [0, 0.05) is 18.8 Å². The molecule has 4 heteroatoms. The standard InChI is InChI=1S/C12H25NO2S/c1-10(2)11-4-6-12(7-5-11)13-8-9-16(3,14)15/h10-13H,4-9H2,1-3H3. The summed E-state index contributed by atoms with van der Waals surface area (Å²) in [5.41, 5.74) is 0. The molecule has 0 aliphatic heterocycles. The second kappa shape index (κ2) is 6.01. The van der Waals surface area contributed by atoms with Crippen LogP contribution in [0.4, 0.5) is 0 Å². The quantitative estimate of drug-likeness (QED) is 0.806. The highest BCUT2D eigenvalue weighted by atomic mass is 32.2. The number of sulfone groups is 1. The molecule has 1 aliphatic rings. The van der Waals surface area contributed by atoms with Crippen LogP contribution >= 0.6 is 0 Å². The molecule has 1 N–H and O–H groups in total. The average Bonchev–Trinajstić information content (AvgIpc) is 2.16. The molecule has 0 unspecified atom stereocenters. The van der Waals surface area contributed by atoms with Gasteiger partial charge >= 0.3 is 0 Å². The van der Waals surface area contributed by atoms with Gasteiger partial charge in [-0.05, 0) is 37.5 Å². The van der Waals surface area contributed by atoms with Crippen LogP contribution in [0.25, 0.3) is 0 Å². The van der Waals surface area contributed by atoms with Crippen molar-refractivity contribution in [3.63, 3.8) is 0 Å². The van der Waals surface area contributed by atoms with E-state index in [1.54, 1.807) is 0 Å². The van der Waals surface area contributed by atoms with Crippen LogP contribution in [-0.2, 0) is 9.84 Å². The third-order valence-electron chi connectivity index (χ3n) is 3.62. The Morgan fingerprint density at radius 2 is 1.75 bits per heavy atom. The number of hydrogen-bond acceptors (Lipinski definition) is 3. The minimum Gasteiger partial charge on any atom is -0.313 e. The summed E-state index contributed by atoms with van der Waals surface area (Å²) in [5, 5.41) is 3.36. The van der Waals surface area contributed by atoms with Crippen molar-refractivity contribution in [3.8, 4) is 0 Å². The first-order valence-corrected chi connectivity index (χ1v) is 8.35. The van der Waals surface area contributed by atoms with Crippen molar-refractivity contribution in [3.05, 3.63) is 0 Å². The maximum atomic E-state index is 11.0. The molecular weight excluding hydrogens is 222 g/mol. The highest BCUT2D eigenvalue weighted by Crippen LogP contribution is 2.29. The van der Waals surface area contributed by atoms with Gasteiger partial charge in [-0.2, -0.15) is 0 Å². The molecule has 0 radical (unpaired) electrons. The van der Waals surface area contributed by atoms with Crippen LogP contribution in [0.3, 0.4) is 0 Å². The van der Waals surface area contributed by atoms with E-state index in [2.05, 4.69) is 19.2 Å². The van der Waals surface area contributed by atoms with Crippen LogP contribution in [0.1, 0.15) is 39.5 Å². The van der Waals surface area contributed by atoms with Crippen LogP contribution in [0, 0.1) is 11.8 Å². The first-order chi connectivity index (χ1) is 7.38. The third kappa shape index (κ3) is 5.30. The zero-order chi connectivity index (χ0) is 12.2. The van der Waals surface area contributed by atoms with Gasteiger partial charge in [0.15, 0.2) is 0 Å². The van der Waals surface area contributed by atoms with Gasteiger partial charge < -0.3 is 5.32 Å². The summed E-state index contributed by atoms with van der Waals surface area (Å²) in [4.78, 5) is 0. The molecule has 0 atom stereocenters. The Bertz CT molecular complexity index is 290. The zero-order valence-electron chi connectivity index (χ0n) is 10.7. The summed E-state index contributed by atoms with van der Waals surface area (Å²) in [6.45, 7) is 5.19. The van der Waals surface area contributed by atoms with Crippen molar-refractivity contribution in [2.75, 3.05) is 18.6 Å². The predicted octanol–water partition coefficient (Wildman–Crippen LogP) is 1.84. The lowest BCUT2D eigenvalue weighted by atomic mass is 9.80. The third-order valence-corrected chi connectivity index (χ3v) is 4.57. The fraction of sp³-hybridized carbons (Fsp3) is 1.00. The van der Waals surface area contributed by atoms with Gasteiger partial charge in [-0.1, -0.05) is 13.8 Å². The smallest absolute Gasteiger partial charge is 0.148 e. The van der Waals surface area contributed by atoms with Gasteiger partial charge in [0.25, 0.3) is 0 Å². The molecule has 1 rings (SSSR count). The van der Waals surface area contributed by atoms with Crippen LogP contribution in [0.15, 0.2) is 0 Å². The molecule has 0 bridgehead atoms. The van der Waals surface area contributed by atoms with Crippen LogP contribution in [0.2, 0.25) is 0 Å². The van der Waals surface area contributed by atoms with Crippen LogP contribution in [0.5, 0.6) is 0 Å². The van der Waals surface area contributed by atoms with Crippen LogP contribution in [-0.4, -0.2) is 33.0 Å². The zero-order valence-corrected chi connectivity index (χ0v) is 11.5. The molecule has 96 valence electrons. The molecule has 16 heavy (non-hydrogen) atoms. The van der Waals surface area contributed by atoms with E-state index in [9.17, 15) is 8.42 Å². The summed E-state index contributed by atoms with van der Waals surface area (Å²) in [6, 6.07) is 0.539. The molecule has 1 saturated carbocycles. The molecule has 0 spiro atoms. The van der Waals surface area contributed by atoms with Gasteiger partial charge in [0.2, 0.25) is 0 Å². The van der Waals surface area contributed by atoms with Gasteiger partial charge in [0.05, 0.1) is 5.75 Å². The van der Waals surface area contributed by atoms with E-state index in [0.717, 1.165) is 11.8 Å². The van der Waals surface area contributed by atoms with E-state index in [1.807, 2.05) is 0 Å². The fourth-order valence-electron chi connectivity index (χ4n) is 2.44. The first-order valence-electron chi connectivity index (χ1n) is 6.29. The predicted molar refractivity (Wildman–Crippen MR) is 68.3 cm³/mol. The largest absolute Gasteiger partial charge is 0.313 e. The van der Waals surface area contributed by atoms with Crippen molar-refractivity contribution >= 4 is 9.84 Å². The average molecular weight is 247 g/mol. The van der Waals surface area contributed by atoms with Gasteiger partial charge in [-0.25, -0.2) is 8.42 Å². The minimum absolute atomic E-state index is 0.261. The Labute approximate surface area is 99.9 Å². The second-order valence-electron chi connectivity index (χ2n) is 5.44.